The Morgan fingerprint density at radius 2 is 1.92 bits per heavy atom. The molecular weight excluding hydrogens is 326 g/mol. The Morgan fingerprint density at radius 3 is 2.46 bits per heavy atom. The van der Waals surface area contributed by atoms with Gasteiger partial charge < -0.3 is 10.2 Å². The van der Waals surface area contributed by atoms with Crippen molar-refractivity contribution in [3.05, 3.63) is 42.5 Å². The third-order valence-electron chi connectivity index (χ3n) is 4.45. The van der Waals surface area contributed by atoms with Crippen LogP contribution in [-0.4, -0.2) is 57.4 Å². The molecule has 132 valence electrons. The van der Waals surface area contributed by atoms with E-state index < -0.39 is 10.0 Å². The van der Waals surface area contributed by atoms with Crippen LogP contribution in [0.3, 0.4) is 0 Å². The molecule has 24 heavy (non-hydrogen) atoms. The van der Waals surface area contributed by atoms with Gasteiger partial charge in [0, 0.05) is 6.54 Å². The maximum absolute atomic E-state index is 12.7. The molecule has 1 aliphatic rings. The van der Waals surface area contributed by atoms with Crippen molar-refractivity contribution in [1.29, 1.82) is 0 Å². The second kappa shape index (κ2) is 7.92. The lowest BCUT2D eigenvalue weighted by Gasteiger charge is -2.34. The number of aryl methyl sites for hydroxylation is 1. The molecule has 2 rings (SSSR count). The summed E-state index contributed by atoms with van der Waals surface area (Å²) >= 11 is 0. The number of piperazine rings is 1. The van der Waals surface area contributed by atoms with Gasteiger partial charge in [-0.15, -0.1) is 6.58 Å². The van der Waals surface area contributed by atoms with Crippen LogP contribution in [0.5, 0.6) is 0 Å². The molecule has 1 aromatic carbocycles. The number of hydrogen-bond acceptors (Lipinski definition) is 3. The first-order valence-electron chi connectivity index (χ1n) is 8.16. The summed E-state index contributed by atoms with van der Waals surface area (Å²) in [6, 6.07) is 6.71. The van der Waals surface area contributed by atoms with Crippen LogP contribution in [0.1, 0.15) is 12.5 Å². The molecule has 1 amide bonds. The molecule has 1 heterocycles. The Labute approximate surface area is 144 Å². The lowest BCUT2D eigenvalue weighted by molar-refractivity contribution is -0.917. The fourth-order valence-electron chi connectivity index (χ4n) is 2.82. The van der Waals surface area contributed by atoms with Crippen molar-refractivity contribution < 1.29 is 18.1 Å². The van der Waals surface area contributed by atoms with Crippen molar-refractivity contribution in [2.24, 2.45) is 0 Å². The van der Waals surface area contributed by atoms with E-state index in [1.807, 2.05) is 13.8 Å². The predicted molar refractivity (Wildman–Crippen MR) is 93.3 cm³/mol. The first-order valence-corrected chi connectivity index (χ1v) is 9.60. The van der Waals surface area contributed by atoms with E-state index in [0.29, 0.717) is 37.6 Å². The standard InChI is InChI=1S/C17H25N3O3S/c1-4-9-18-17(21)15(3)19-10-12-20(13-11-19)24(22,23)16-7-5-14(2)6-8-16/h4-8,15H,1,9-13H2,2-3H3,(H,18,21)/p+1/t15-/m0/s1. The van der Waals surface area contributed by atoms with Gasteiger partial charge in [0.25, 0.3) is 5.91 Å². The molecule has 6 nitrogen and oxygen atoms in total. The van der Waals surface area contributed by atoms with Crippen LogP contribution in [0, 0.1) is 6.92 Å². The highest BCUT2D eigenvalue weighted by Crippen LogP contribution is 2.16. The topological polar surface area (TPSA) is 70.9 Å². The SMILES string of the molecule is C=CCNC(=O)[C@H](C)[NH+]1CCN(S(=O)(=O)c2ccc(C)cc2)CC1. The quantitative estimate of drug-likeness (QED) is 0.683. The van der Waals surface area contributed by atoms with E-state index in [9.17, 15) is 13.2 Å². The summed E-state index contributed by atoms with van der Waals surface area (Å²) in [5, 5.41) is 2.79. The van der Waals surface area contributed by atoms with Crippen LogP contribution in [0.4, 0.5) is 0 Å². The van der Waals surface area contributed by atoms with Crippen molar-refractivity contribution in [3.8, 4) is 0 Å². The molecule has 1 aliphatic heterocycles. The van der Waals surface area contributed by atoms with Gasteiger partial charge in [0.2, 0.25) is 10.0 Å². The second-order valence-electron chi connectivity index (χ2n) is 6.13. The van der Waals surface area contributed by atoms with Gasteiger partial charge in [-0.2, -0.15) is 4.31 Å². The summed E-state index contributed by atoms with van der Waals surface area (Å²) in [5.74, 6) is -0.0280. The summed E-state index contributed by atoms with van der Waals surface area (Å²) in [5.41, 5.74) is 1.03. The molecule has 0 radical (unpaired) electrons. The Kier molecular flexibility index (Phi) is 6.15. The van der Waals surface area contributed by atoms with E-state index in [1.54, 1.807) is 30.3 Å². The van der Waals surface area contributed by atoms with Gasteiger partial charge in [0.05, 0.1) is 31.1 Å². The van der Waals surface area contributed by atoms with Gasteiger partial charge >= 0.3 is 0 Å². The van der Waals surface area contributed by atoms with E-state index in [0.717, 1.165) is 10.5 Å². The van der Waals surface area contributed by atoms with Crippen molar-refractivity contribution in [1.82, 2.24) is 9.62 Å². The Bertz CT molecular complexity index is 678. The monoisotopic (exact) mass is 352 g/mol. The number of rotatable bonds is 6. The van der Waals surface area contributed by atoms with Gasteiger partial charge in [-0.25, -0.2) is 8.42 Å². The van der Waals surface area contributed by atoms with E-state index >= 15 is 0 Å². The molecule has 1 fully saturated rings. The summed E-state index contributed by atoms with van der Waals surface area (Å²) < 4.78 is 26.9. The van der Waals surface area contributed by atoms with E-state index in [4.69, 9.17) is 0 Å². The van der Waals surface area contributed by atoms with Crippen LogP contribution < -0.4 is 10.2 Å². The number of sulfonamides is 1. The number of carbonyl (C=O) groups is 1. The minimum absolute atomic E-state index is 0.0280. The highest BCUT2D eigenvalue weighted by atomic mass is 32.2. The van der Waals surface area contributed by atoms with Crippen LogP contribution in [0.2, 0.25) is 0 Å². The molecule has 0 bridgehead atoms. The van der Waals surface area contributed by atoms with Crippen molar-refractivity contribution in [2.45, 2.75) is 24.8 Å². The third kappa shape index (κ3) is 4.23. The molecule has 0 saturated carbocycles. The van der Waals surface area contributed by atoms with Gasteiger partial charge in [-0.05, 0) is 26.0 Å². The zero-order valence-corrected chi connectivity index (χ0v) is 15.1. The van der Waals surface area contributed by atoms with E-state index in [-0.39, 0.29) is 11.9 Å². The van der Waals surface area contributed by atoms with Crippen molar-refractivity contribution >= 4 is 15.9 Å². The molecule has 7 heteroatoms. The Hall–Kier alpha value is -1.70. The number of hydrogen-bond donors (Lipinski definition) is 2. The fourth-order valence-corrected chi connectivity index (χ4v) is 4.26. The maximum atomic E-state index is 12.7. The van der Waals surface area contributed by atoms with Crippen LogP contribution >= 0.6 is 0 Å². The molecule has 2 N–H and O–H groups in total. The van der Waals surface area contributed by atoms with Crippen LogP contribution in [0.25, 0.3) is 0 Å². The number of nitrogens with zero attached hydrogens (tertiary/aromatic N) is 1. The van der Waals surface area contributed by atoms with Gasteiger partial charge in [-0.3, -0.25) is 4.79 Å². The summed E-state index contributed by atoms with van der Waals surface area (Å²) in [7, 11) is -3.46. The normalized spacial score (nSPS) is 18.1. The third-order valence-corrected chi connectivity index (χ3v) is 6.36. The fraction of sp³-hybridized carbons (Fsp3) is 0.471. The lowest BCUT2D eigenvalue weighted by Crippen LogP contribution is -3.19. The van der Waals surface area contributed by atoms with Crippen molar-refractivity contribution in [2.75, 3.05) is 32.7 Å². The van der Waals surface area contributed by atoms with Crippen LogP contribution in [0.15, 0.2) is 41.8 Å². The molecule has 0 unspecified atom stereocenters. The smallest absolute Gasteiger partial charge is 0.278 e. The van der Waals surface area contributed by atoms with Gasteiger partial charge in [0.15, 0.2) is 6.04 Å². The maximum Gasteiger partial charge on any atom is 0.278 e. The minimum atomic E-state index is -3.46. The molecule has 0 spiro atoms. The van der Waals surface area contributed by atoms with Crippen molar-refractivity contribution in [3.63, 3.8) is 0 Å². The van der Waals surface area contributed by atoms with E-state index in [2.05, 4.69) is 11.9 Å². The molecule has 0 aliphatic carbocycles. The van der Waals surface area contributed by atoms with Crippen LogP contribution in [-0.2, 0) is 14.8 Å². The first-order chi connectivity index (χ1) is 11.4. The van der Waals surface area contributed by atoms with Gasteiger partial charge in [-0.1, -0.05) is 23.8 Å². The number of benzene rings is 1. The van der Waals surface area contributed by atoms with E-state index in [1.165, 1.54) is 4.31 Å². The van der Waals surface area contributed by atoms with Gasteiger partial charge in [0.1, 0.15) is 0 Å². The lowest BCUT2D eigenvalue weighted by atomic mass is 10.2. The average Bonchev–Trinajstić information content (AvgIpc) is 2.59. The number of nitrogens with one attached hydrogen (secondary N) is 2. The number of carbonyl (C=O) groups excluding carboxylic acids is 1. The average molecular weight is 352 g/mol. The summed E-state index contributed by atoms with van der Waals surface area (Å²) in [4.78, 5) is 13.5. The Balaban J connectivity index is 1.98. The minimum Gasteiger partial charge on any atom is -0.347 e. The second-order valence-corrected chi connectivity index (χ2v) is 8.07. The summed E-state index contributed by atoms with van der Waals surface area (Å²) in [6.07, 6.45) is 1.64. The highest BCUT2D eigenvalue weighted by Gasteiger charge is 2.34. The molecule has 0 aromatic heterocycles. The summed E-state index contributed by atoms with van der Waals surface area (Å²) in [6.45, 7) is 9.91. The Morgan fingerprint density at radius 1 is 1.33 bits per heavy atom. The zero-order valence-electron chi connectivity index (χ0n) is 14.3. The highest BCUT2D eigenvalue weighted by molar-refractivity contribution is 7.89. The molecule has 1 saturated heterocycles. The number of quaternary nitrogens is 1. The molecule has 1 atom stereocenters. The first kappa shape index (κ1) is 18.6. The predicted octanol–water partition coefficient (Wildman–Crippen LogP) is -0.425. The molecule has 1 aromatic rings. The molecular formula is C17H26N3O3S+. The largest absolute Gasteiger partial charge is 0.347 e. The zero-order chi connectivity index (χ0) is 17.7. The number of amides is 1.